The number of nitrogens with zero attached hydrogens (tertiary/aromatic N) is 5. The van der Waals surface area contributed by atoms with Crippen molar-refractivity contribution in [1.82, 2.24) is 25.1 Å². The summed E-state index contributed by atoms with van der Waals surface area (Å²) < 4.78 is 5.78. The first-order valence-electron chi connectivity index (χ1n) is 7.70. The van der Waals surface area contributed by atoms with Gasteiger partial charge in [-0.25, -0.2) is 9.97 Å². The molecule has 0 radical (unpaired) electrons. The van der Waals surface area contributed by atoms with Crippen molar-refractivity contribution in [2.75, 3.05) is 13.1 Å². The number of rotatable bonds is 3. The van der Waals surface area contributed by atoms with Gasteiger partial charge in [0.05, 0.1) is 29.8 Å². The normalized spacial score (nSPS) is 14.3. The zero-order valence-electron chi connectivity index (χ0n) is 13.3. The van der Waals surface area contributed by atoms with Crippen LogP contribution >= 0.6 is 0 Å². The predicted octanol–water partition coefficient (Wildman–Crippen LogP) is 1.29. The minimum absolute atomic E-state index is 0.0352. The maximum absolute atomic E-state index is 12.6. The highest BCUT2D eigenvalue weighted by molar-refractivity contribution is 5.93. The van der Waals surface area contributed by atoms with Gasteiger partial charge in [-0.3, -0.25) is 4.79 Å². The molecule has 0 saturated carbocycles. The lowest BCUT2D eigenvalue weighted by molar-refractivity contribution is 0.0762. The molecule has 0 bridgehead atoms. The van der Waals surface area contributed by atoms with Crippen LogP contribution in [0.2, 0.25) is 0 Å². The molecule has 0 fully saturated rings. The van der Waals surface area contributed by atoms with E-state index < -0.39 is 0 Å². The third kappa shape index (κ3) is 3.44. The zero-order chi connectivity index (χ0) is 16.2. The smallest absolute Gasteiger partial charge is 0.255 e. The van der Waals surface area contributed by atoms with Gasteiger partial charge in [-0.1, -0.05) is 0 Å². The van der Waals surface area contributed by atoms with E-state index in [9.17, 15) is 4.79 Å². The summed E-state index contributed by atoms with van der Waals surface area (Å²) >= 11 is 0. The van der Waals surface area contributed by atoms with Crippen LogP contribution in [0.5, 0.6) is 5.88 Å². The van der Waals surface area contributed by atoms with Crippen LogP contribution in [0.15, 0.2) is 24.8 Å². The number of amides is 1. The molecule has 1 aliphatic rings. The molecule has 0 atom stereocenters. The van der Waals surface area contributed by atoms with Gasteiger partial charge >= 0.3 is 0 Å². The van der Waals surface area contributed by atoms with Crippen LogP contribution < -0.4 is 4.74 Å². The van der Waals surface area contributed by atoms with Crippen LogP contribution in [-0.4, -0.2) is 50.2 Å². The van der Waals surface area contributed by atoms with Crippen molar-refractivity contribution in [2.45, 2.75) is 32.8 Å². The molecule has 23 heavy (non-hydrogen) atoms. The number of hydrogen-bond acceptors (Lipinski definition) is 6. The first kappa shape index (κ1) is 15.3. The van der Waals surface area contributed by atoms with Crippen LogP contribution in [0.4, 0.5) is 0 Å². The third-order valence-electron chi connectivity index (χ3n) is 3.71. The molecular formula is C16H19N5O2. The number of fused-ring (bicyclic) bond motifs is 1. The van der Waals surface area contributed by atoms with Crippen molar-refractivity contribution in [1.29, 1.82) is 0 Å². The molecule has 0 aliphatic carbocycles. The standard InChI is InChI=1S/C16H19N5O2/c1-11(2)23-15-13-4-7-21(8-5-14(13)17-10-18-15)16(22)12-3-6-19-20-9-12/h3,6,9-11H,4-5,7-8H2,1-2H3. The maximum atomic E-state index is 12.6. The van der Waals surface area contributed by atoms with Gasteiger partial charge in [0.15, 0.2) is 0 Å². The number of ether oxygens (including phenoxy) is 1. The molecule has 3 rings (SSSR count). The van der Waals surface area contributed by atoms with Crippen LogP contribution in [0.1, 0.15) is 35.5 Å². The van der Waals surface area contributed by atoms with E-state index in [-0.39, 0.29) is 12.0 Å². The van der Waals surface area contributed by atoms with Crippen molar-refractivity contribution < 1.29 is 9.53 Å². The molecule has 1 amide bonds. The van der Waals surface area contributed by atoms with E-state index in [1.807, 2.05) is 18.7 Å². The van der Waals surface area contributed by atoms with Gasteiger partial charge in [0.2, 0.25) is 5.88 Å². The average molecular weight is 313 g/mol. The lowest BCUT2D eigenvalue weighted by atomic mass is 10.1. The molecule has 120 valence electrons. The molecule has 0 saturated heterocycles. The Balaban J connectivity index is 1.79. The molecule has 0 N–H and O–H groups in total. The van der Waals surface area contributed by atoms with E-state index in [2.05, 4.69) is 20.2 Å². The fourth-order valence-corrected chi connectivity index (χ4v) is 2.62. The van der Waals surface area contributed by atoms with Gasteiger partial charge in [0.25, 0.3) is 5.91 Å². The molecule has 0 aromatic carbocycles. The molecule has 7 heteroatoms. The first-order chi connectivity index (χ1) is 11.1. The molecule has 0 spiro atoms. The highest BCUT2D eigenvalue weighted by Gasteiger charge is 2.23. The third-order valence-corrected chi connectivity index (χ3v) is 3.71. The van der Waals surface area contributed by atoms with Gasteiger partial charge in [0.1, 0.15) is 6.33 Å². The van der Waals surface area contributed by atoms with Gasteiger partial charge in [0, 0.05) is 25.1 Å². The fourth-order valence-electron chi connectivity index (χ4n) is 2.62. The topological polar surface area (TPSA) is 81.1 Å². The van der Waals surface area contributed by atoms with Crippen LogP contribution in [0.25, 0.3) is 0 Å². The minimum Gasteiger partial charge on any atom is -0.475 e. The second-order valence-electron chi connectivity index (χ2n) is 5.69. The van der Waals surface area contributed by atoms with Crippen LogP contribution in [0.3, 0.4) is 0 Å². The van der Waals surface area contributed by atoms with Crippen LogP contribution in [-0.2, 0) is 12.8 Å². The fraction of sp³-hybridized carbons (Fsp3) is 0.438. The molecule has 2 aromatic rings. The van der Waals surface area contributed by atoms with E-state index >= 15 is 0 Å². The van der Waals surface area contributed by atoms with E-state index in [1.165, 1.54) is 18.7 Å². The monoisotopic (exact) mass is 313 g/mol. The number of carbonyl (C=O) groups excluding carboxylic acids is 1. The lowest BCUT2D eigenvalue weighted by Crippen LogP contribution is -2.33. The number of aromatic nitrogens is 4. The Bertz CT molecular complexity index is 690. The number of carbonyl (C=O) groups is 1. The minimum atomic E-state index is -0.0352. The molecule has 1 aliphatic heterocycles. The van der Waals surface area contributed by atoms with E-state index in [4.69, 9.17) is 4.74 Å². The van der Waals surface area contributed by atoms with Crippen molar-refractivity contribution in [3.63, 3.8) is 0 Å². The zero-order valence-corrected chi connectivity index (χ0v) is 13.3. The van der Waals surface area contributed by atoms with Gasteiger partial charge in [-0.15, -0.1) is 0 Å². The molecule has 7 nitrogen and oxygen atoms in total. The second kappa shape index (κ2) is 6.68. The Kier molecular flexibility index (Phi) is 4.45. The molecule has 2 aromatic heterocycles. The average Bonchev–Trinajstić information content (AvgIpc) is 2.78. The van der Waals surface area contributed by atoms with Crippen LogP contribution in [0, 0.1) is 0 Å². The van der Waals surface area contributed by atoms with Crippen molar-refractivity contribution in [2.24, 2.45) is 0 Å². The Morgan fingerprint density at radius 1 is 1.22 bits per heavy atom. The summed E-state index contributed by atoms with van der Waals surface area (Å²) in [5.74, 6) is 0.594. The summed E-state index contributed by atoms with van der Waals surface area (Å²) in [6.07, 6.45) is 5.98. The Morgan fingerprint density at radius 2 is 2.04 bits per heavy atom. The highest BCUT2D eigenvalue weighted by Crippen LogP contribution is 2.23. The summed E-state index contributed by atoms with van der Waals surface area (Å²) in [5.41, 5.74) is 2.51. The quantitative estimate of drug-likeness (QED) is 0.849. The summed E-state index contributed by atoms with van der Waals surface area (Å²) in [4.78, 5) is 23.0. The molecule has 3 heterocycles. The first-order valence-corrected chi connectivity index (χ1v) is 7.70. The van der Waals surface area contributed by atoms with Crippen molar-refractivity contribution in [3.05, 3.63) is 41.6 Å². The lowest BCUT2D eigenvalue weighted by Gasteiger charge is -2.19. The van der Waals surface area contributed by atoms with E-state index in [1.54, 1.807) is 6.07 Å². The summed E-state index contributed by atoms with van der Waals surface area (Å²) in [6, 6.07) is 1.68. The van der Waals surface area contributed by atoms with E-state index in [0.717, 1.165) is 11.3 Å². The maximum Gasteiger partial charge on any atom is 0.255 e. The van der Waals surface area contributed by atoms with Gasteiger partial charge in [-0.2, -0.15) is 10.2 Å². The second-order valence-corrected chi connectivity index (χ2v) is 5.69. The van der Waals surface area contributed by atoms with Crippen molar-refractivity contribution in [3.8, 4) is 5.88 Å². The summed E-state index contributed by atoms with van der Waals surface area (Å²) in [7, 11) is 0. The molecular weight excluding hydrogens is 294 g/mol. The van der Waals surface area contributed by atoms with Gasteiger partial charge in [-0.05, 0) is 26.3 Å². The van der Waals surface area contributed by atoms with Gasteiger partial charge < -0.3 is 9.64 Å². The molecule has 0 unspecified atom stereocenters. The van der Waals surface area contributed by atoms with E-state index in [0.29, 0.717) is 37.4 Å². The highest BCUT2D eigenvalue weighted by atomic mass is 16.5. The SMILES string of the molecule is CC(C)Oc1ncnc2c1CCN(C(=O)c1ccnnc1)CC2. The summed E-state index contributed by atoms with van der Waals surface area (Å²) in [6.45, 7) is 5.16. The predicted molar refractivity (Wildman–Crippen MR) is 83.1 cm³/mol. The Morgan fingerprint density at radius 3 is 2.78 bits per heavy atom. The Hall–Kier alpha value is -2.57. The number of hydrogen-bond donors (Lipinski definition) is 0. The summed E-state index contributed by atoms with van der Waals surface area (Å²) in [5, 5.41) is 7.48. The Labute approximate surface area is 134 Å². The van der Waals surface area contributed by atoms with Crippen molar-refractivity contribution >= 4 is 5.91 Å². The largest absolute Gasteiger partial charge is 0.475 e.